The topological polar surface area (TPSA) is 50.9 Å². The average Bonchev–Trinajstić information content (AvgIpc) is 3.45. The van der Waals surface area contributed by atoms with Crippen LogP contribution in [0.3, 0.4) is 0 Å². The molecule has 0 aliphatic heterocycles. The molecule has 214 valence electrons. The van der Waals surface area contributed by atoms with Gasteiger partial charge in [0.05, 0.1) is 22.3 Å². The molecule has 0 atom stereocenters. The van der Waals surface area contributed by atoms with Gasteiger partial charge < -0.3 is 5.11 Å². The zero-order valence-corrected chi connectivity index (χ0v) is 25.1. The fourth-order valence-corrected chi connectivity index (χ4v) is 5.78. The van der Waals surface area contributed by atoms with Crippen LogP contribution in [0.5, 0.6) is 5.75 Å². The van der Waals surface area contributed by atoms with Crippen LogP contribution in [0, 0.1) is 0 Å². The first-order valence-electron chi connectivity index (χ1n) is 14.9. The normalized spacial score (nSPS) is 11.6. The van der Waals surface area contributed by atoms with Crippen molar-refractivity contribution in [3.63, 3.8) is 0 Å². The van der Waals surface area contributed by atoms with Crippen molar-refractivity contribution >= 4 is 11.0 Å². The van der Waals surface area contributed by atoms with E-state index >= 15 is 0 Å². The minimum atomic E-state index is -0.0612. The van der Waals surface area contributed by atoms with Gasteiger partial charge in [0.2, 0.25) is 0 Å². The molecule has 4 heteroatoms. The second kappa shape index (κ2) is 11.0. The number of phenols is 1. The smallest absolute Gasteiger partial charge is 0.149 e. The van der Waals surface area contributed by atoms with Gasteiger partial charge in [-0.1, -0.05) is 99.6 Å². The number of aromatic hydroxyl groups is 1. The number of rotatable bonds is 5. The van der Waals surface area contributed by atoms with E-state index in [9.17, 15) is 5.11 Å². The predicted molar refractivity (Wildman–Crippen MR) is 181 cm³/mol. The Balaban J connectivity index is 1.47. The van der Waals surface area contributed by atoms with Crippen LogP contribution >= 0.6 is 0 Å². The third-order valence-corrected chi connectivity index (χ3v) is 8.12. The molecule has 5 aromatic carbocycles. The Hall–Kier alpha value is -5.48. The highest BCUT2D eigenvalue weighted by Gasteiger charge is 2.22. The van der Waals surface area contributed by atoms with Crippen molar-refractivity contribution in [2.45, 2.75) is 26.2 Å². The molecule has 44 heavy (non-hydrogen) atoms. The van der Waals surface area contributed by atoms with E-state index in [4.69, 9.17) is 4.98 Å². The monoisotopic (exact) mass is 571 g/mol. The highest BCUT2D eigenvalue weighted by atomic mass is 16.3. The van der Waals surface area contributed by atoms with Crippen LogP contribution in [0.25, 0.3) is 61.6 Å². The molecule has 2 aromatic heterocycles. The lowest BCUT2D eigenvalue weighted by Gasteiger charge is -2.21. The van der Waals surface area contributed by atoms with E-state index in [0.717, 1.165) is 50.2 Å². The standard InChI is InChI=1S/C40H33N3O/c1-40(2,3)31-24-29(23-30(25-31)35-18-10-11-22-41-35)33-17-12-19-36-38(33)42-39(43(36)32-15-8-5-9-16-32)34-21-20-28(26-37(34)44)27-13-6-4-7-14-27/h4-26,44H,1-3H3. The maximum absolute atomic E-state index is 11.4. The number of nitrogens with zero attached hydrogens (tertiary/aromatic N) is 3. The van der Waals surface area contributed by atoms with Crippen LogP contribution in [-0.2, 0) is 5.41 Å². The molecule has 1 N–H and O–H groups in total. The number of para-hydroxylation sites is 2. The van der Waals surface area contributed by atoms with Gasteiger partial charge in [0.15, 0.2) is 0 Å². The number of hydrogen-bond acceptors (Lipinski definition) is 3. The Morgan fingerprint density at radius 2 is 1.32 bits per heavy atom. The third kappa shape index (κ3) is 5.05. The van der Waals surface area contributed by atoms with Crippen molar-refractivity contribution in [3.05, 3.63) is 145 Å². The van der Waals surface area contributed by atoms with Crippen molar-refractivity contribution in [2.24, 2.45) is 0 Å². The Morgan fingerprint density at radius 1 is 0.591 bits per heavy atom. The molecule has 2 heterocycles. The van der Waals surface area contributed by atoms with Crippen LogP contribution in [-0.4, -0.2) is 19.6 Å². The van der Waals surface area contributed by atoms with Gasteiger partial charge in [-0.2, -0.15) is 0 Å². The Morgan fingerprint density at radius 3 is 2.02 bits per heavy atom. The summed E-state index contributed by atoms with van der Waals surface area (Å²) in [5.41, 5.74) is 10.8. The van der Waals surface area contributed by atoms with Crippen molar-refractivity contribution < 1.29 is 5.11 Å². The average molecular weight is 572 g/mol. The summed E-state index contributed by atoms with van der Waals surface area (Å²) in [7, 11) is 0. The second-order valence-corrected chi connectivity index (χ2v) is 12.1. The zero-order valence-electron chi connectivity index (χ0n) is 25.1. The Kier molecular flexibility index (Phi) is 6.83. The number of imidazole rings is 1. The van der Waals surface area contributed by atoms with Crippen molar-refractivity contribution in [1.29, 1.82) is 0 Å². The fraction of sp³-hybridized carbons (Fsp3) is 0.100. The lowest BCUT2D eigenvalue weighted by atomic mass is 9.83. The molecule has 0 spiro atoms. The summed E-state index contributed by atoms with van der Waals surface area (Å²) in [6.07, 6.45) is 1.84. The van der Waals surface area contributed by atoms with Gasteiger partial charge in [0.1, 0.15) is 11.6 Å². The van der Waals surface area contributed by atoms with Gasteiger partial charge in [-0.15, -0.1) is 0 Å². The zero-order chi connectivity index (χ0) is 30.3. The largest absolute Gasteiger partial charge is 0.507 e. The molecule has 0 fully saturated rings. The summed E-state index contributed by atoms with van der Waals surface area (Å²) in [6.45, 7) is 6.71. The number of hydrogen-bond donors (Lipinski definition) is 1. The first-order valence-corrected chi connectivity index (χ1v) is 14.9. The molecular formula is C40H33N3O. The van der Waals surface area contributed by atoms with E-state index in [1.54, 1.807) is 0 Å². The van der Waals surface area contributed by atoms with E-state index in [-0.39, 0.29) is 11.2 Å². The van der Waals surface area contributed by atoms with Crippen molar-refractivity contribution in [1.82, 2.24) is 14.5 Å². The first-order chi connectivity index (χ1) is 21.4. The van der Waals surface area contributed by atoms with E-state index in [1.807, 2.05) is 85.1 Å². The maximum Gasteiger partial charge on any atom is 0.149 e. The fourth-order valence-electron chi connectivity index (χ4n) is 5.78. The van der Waals surface area contributed by atoms with Crippen LogP contribution in [0.4, 0.5) is 0 Å². The van der Waals surface area contributed by atoms with E-state index in [1.165, 1.54) is 5.56 Å². The SMILES string of the molecule is CC(C)(C)c1cc(-c2ccccn2)cc(-c2cccc3c2nc(-c2ccc(-c4ccccc4)cc2O)n3-c2ccccc2)c1. The molecule has 0 radical (unpaired) electrons. The number of pyridine rings is 1. The molecule has 0 unspecified atom stereocenters. The van der Waals surface area contributed by atoms with Crippen molar-refractivity contribution in [3.8, 4) is 56.3 Å². The van der Waals surface area contributed by atoms with Gasteiger partial charge in [0, 0.05) is 23.0 Å². The molecule has 7 aromatic rings. The number of phenolic OH excluding ortho intramolecular Hbond substituents is 1. The van der Waals surface area contributed by atoms with Gasteiger partial charge in [-0.3, -0.25) is 9.55 Å². The summed E-state index contributed by atoms with van der Waals surface area (Å²) in [5.74, 6) is 0.875. The Bertz CT molecular complexity index is 2090. The lowest BCUT2D eigenvalue weighted by molar-refractivity contribution is 0.477. The Labute approximate surface area is 258 Å². The van der Waals surface area contributed by atoms with Crippen LogP contribution in [0.15, 0.2) is 140 Å². The molecule has 0 saturated heterocycles. The highest BCUT2D eigenvalue weighted by Crippen LogP contribution is 2.40. The van der Waals surface area contributed by atoms with E-state index in [0.29, 0.717) is 11.4 Å². The summed E-state index contributed by atoms with van der Waals surface area (Å²) >= 11 is 0. The van der Waals surface area contributed by atoms with Gasteiger partial charge >= 0.3 is 0 Å². The number of aromatic nitrogens is 3. The molecule has 0 amide bonds. The predicted octanol–water partition coefficient (Wildman–Crippen LogP) is 10.1. The van der Waals surface area contributed by atoms with Crippen molar-refractivity contribution in [2.75, 3.05) is 0 Å². The first kappa shape index (κ1) is 27.4. The number of benzene rings is 5. The van der Waals surface area contributed by atoms with Gasteiger partial charge in [0.25, 0.3) is 0 Å². The minimum Gasteiger partial charge on any atom is -0.507 e. The molecule has 0 aliphatic rings. The molecule has 7 rings (SSSR count). The van der Waals surface area contributed by atoms with Crippen LogP contribution < -0.4 is 0 Å². The van der Waals surface area contributed by atoms with Gasteiger partial charge in [-0.05, 0) is 82.3 Å². The van der Waals surface area contributed by atoms with E-state index < -0.39 is 0 Å². The third-order valence-electron chi connectivity index (χ3n) is 8.12. The summed E-state index contributed by atoms with van der Waals surface area (Å²) < 4.78 is 2.14. The molecule has 4 nitrogen and oxygen atoms in total. The van der Waals surface area contributed by atoms with Gasteiger partial charge in [-0.25, -0.2) is 4.98 Å². The minimum absolute atomic E-state index is 0.0612. The molecule has 0 saturated carbocycles. The quantitative estimate of drug-likeness (QED) is 0.224. The van der Waals surface area contributed by atoms with E-state index in [2.05, 4.69) is 84.9 Å². The summed E-state index contributed by atoms with van der Waals surface area (Å²) in [6, 6.07) is 45.2. The number of fused-ring (bicyclic) bond motifs is 1. The lowest BCUT2D eigenvalue weighted by Crippen LogP contribution is -2.11. The molecular weight excluding hydrogens is 538 g/mol. The summed E-state index contributed by atoms with van der Waals surface area (Å²) in [5, 5.41) is 11.4. The van der Waals surface area contributed by atoms with Crippen LogP contribution in [0.2, 0.25) is 0 Å². The maximum atomic E-state index is 11.4. The molecule has 0 aliphatic carbocycles. The molecule has 0 bridgehead atoms. The van der Waals surface area contributed by atoms with Crippen LogP contribution in [0.1, 0.15) is 26.3 Å². The summed E-state index contributed by atoms with van der Waals surface area (Å²) in [4.78, 5) is 9.94. The highest BCUT2D eigenvalue weighted by molar-refractivity contribution is 5.97. The second-order valence-electron chi connectivity index (χ2n) is 12.1.